The molecule has 6 nitrogen and oxygen atoms in total. The molecule has 2 fully saturated rings. The van der Waals surface area contributed by atoms with Gasteiger partial charge in [-0.25, -0.2) is 0 Å². The molecule has 2 aromatic carbocycles. The van der Waals surface area contributed by atoms with Crippen molar-refractivity contribution in [2.45, 2.75) is 25.4 Å². The van der Waals surface area contributed by atoms with Crippen LogP contribution in [0.2, 0.25) is 0 Å². The minimum absolute atomic E-state index is 0.238. The van der Waals surface area contributed by atoms with Gasteiger partial charge in [0.1, 0.15) is 0 Å². The average molecular weight is 380 g/mol. The highest BCUT2D eigenvalue weighted by Crippen LogP contribution is 2.24. The molecule has 2 aromatic rings. The van der Waals surface area contributed by atoms with Crippen molar-refractivity contribution in [3.05, 3.63) is 70.3 Å². The van der Waals surface area contributed by atoms with Crippen LogP contribution in [0.3, 0.4) is 0 Å². The molecule has 0 atom stereocenters. The van der Waals surface area contributed by atoms with Crippen LogP contribution >= 0.6 is 0 Å². The van der Waals surface area contributed by atoms with Crippen LogP contribution in [0.5, 0.6) is 0 Å². The Bertz CT molecular complexity index is 782. The summed E-state index contributed by atoms with van der Waals surface area (Å²) in [6.45, 7) is 7.09. The van der Waals surface area contributed by atoms with Gasteiger partial charge in [0.05, 0.1) is 4.92 Å². The van der Waals surface area contributed by atoms with Crippen LogP contribution in [-0.2, 0) is 6.54 Å². The van der Waals surface area contributed by atoms with Gasteiger partial charge < -0.3 is 4.90 Å². The molecule has 148 valence electrons. The zero-order valence-corrected chi connectivity index (χ0v) is 16.2. The minimum atomic E-state index is -0.270. The first-order valence-corrected chi connectivity index (χ1v) is 10.2. The fourth-order valence-electron chi connectivity index (χ4n) is 4.49. The summed E-state index contributed by atoms with van der Waals surface area (Å²) >= 11 is 0. The highest BCUT2D eigenvalue weighted by molar-refractivity contribution is 5.46. The quantitative estimate of drug-likeness (QED) is 0.588. The Labute approximate surface area is 166 Å². The Morgan fingerprint density at radius 1 is 0.857 bits per heavy atom. The van der Waals surface area contributed by atoms with Crippen LogP contribution in [0.25, 0.3) is 0 Å². The molecule has 2 aliphatic rings. The van der Waals surface area contributed by atoms with Gasteiger partial charge in [-0.1, -0.05) is 36.4 Å². The van der Waals surface area contributed by atoms with E-state index in [2.05, 4.69) is 45.0 Å². The second-order valence-electron chi connectivity index (χ2n) is 7.75. The van der Waals surface area contributed by atoms with Crippen molar-refractivity contribution in [1.29, 1.82) is 0 Å². The Kier molecular flexibility index (Phi) is 5.88. The van der Waals surface area contributed by atoms with Gasteiger partial charge in [0.2, 0.25) is 0 Å². The van der Waals surface area contributed by atoms with Gasteiger partial charge in [-0.2, -0.15) is 0 Å². The number of piperazine rings is 1. The average Bonchev–Trinajstić information content (AvgIpc) is 2.75. The Hall–Kier alpha value is -2.44. The van der Waals surface area contributed by atoms with Crippen molar-refractivity contribution < 1.29 is 4.92 Å². The van der Waals surface area contributed by atoms with E-state index in [-0.39, 0.29) is 10.6 Å². The van der Waals surface area contributed by atoms with Crippen LogP contribution in [0.1, 0.15) is 18.4 Å². The summed E-state index contributed by atoms with van der Waals surface area (Å²) in [5.41, 5.74) is 2.38. The minimum Gasteiger partial charge on any atom is -0.369 e. The summed E-state index contributed by atoms with van der Waals surface area (Å²) in [5, 5.41) is 11.2. The Balaban J connectivity index is 1.27. The monoisotopic (exact) mass is 380 g/mol. The largest absolute Gasteiger partial charge is 0.369 e. The Morgan fingerprint density at radius 3 is 2.18 bits per heavy atom. The lowest BCUT2D eigenvalue weighted by molar-refractivity contribution is -0.385. The van der Waals surface area contributed by atoms with Gasteiger partial charge in [-0.05, 0) is 38.1 Å². The highest BCUT2D eigenvalue weighted by atomic mass is 16.6. The first kappa shape index (κ1) is 18.9. The number of hydrogen-bond donors (Lipinski definition) is 0. The molecule has 0 spiro atoms. The summed E-state index contributed by atoms with van der Waals surface area (Å²) in [5.74, 6) is 0. The van der Waals surface area contributed by atoms with E-state index < -0.39 is 0 Å². The summed E-state index contributed by atoms with van der Waals surface area (Å²) in [6, 6.07) is 18.4. The van der Waals surface area contributed by atoms with Crippen molar-refractivity contribution in [3.8, 4) is 0 Å². The van der Waals surface area contributed by atoms with E-state index in [4.69, 9.17) is 0 Å². The first-order valence-electron chi connectivity index (χ1n) is 10.2. The zero-order chi connectivity index (χ0) is 19.3. The van der Waals surface area contributed by atoms with E-state index in [0.29, 0.717) is 12.6 Å². The molecule has 28 heavy (non-hydrogen) atoms. The normalized spacial score (nSPS) is 19.6. The molecule has 0 N–H and O–H groups in total. The standard InChI is InChI=1S/C22H28N4O2/c27-26(28)22-9-5-4-6-19(22)18-23-12-10-21(11-13-23)25-16-14-24(15-17-25)20-7-2-1-3-8-20/h1-9,21H,10-18H2. The van der Waals surface area contributed by atoms with Gasteiger partial charge >= 0.3 is 0 Å². The third kappa shape index (κ3) is 4.34. The molecule has 4 rings (SSSR count). The van der Waals surface area contributed by atoms with Crippen LogP contribution in [0, 0.1) is 10.1 Å². The topological polar surface area (TPSA) is 52.9 Å². The number of hydrogen-bond acceptors (Lipinski definition) is 5. The number of benzene rings is 2. The first-order chi connectivity index (χ1) is 13.7. The van der Waals surface area contributed by atoms with E-state index in [9.17, 15) is 10.1 Å². The van der Waals surface area contributed by atoms with Gasteiger partial charge in [-0.15, -0.1) is 0 Å². The SMILES string of the molecule is O=[N+]([O-])c1ccccc1CN1CCC(N2CCN(c3ccccc3)CC2)CC1. The van der Waals surface area contributed by atoms with Crippen LogP contribution in [0.15, 0.2) is 54.6 Å². The van der Waals surface area contributed by atoms with Crippen LogP contribution < -0.4 is 4.90 Å². The molecule has 0 aromatic heterocycles. The lowest BCUT2D eigenvalue weighted by Crippen LogP contribution is -2.53. The predicted octanol–water partition coefficient (Wildman–Crippen LogP) is 3.38. The molecule has 6 heteroatoms. The van der Waals surface area contributed by atoms with E-state index in [1.165, 1.54) is 5.69 Å². The van der Waals surface area contributed by atoms with E-state index in [1.807, 2.05) is 12.1 Å². The molecule has 2 aliphatic heterocycles. The van der Waals surface area contributed by atoms with Gasteiger partial charge in [0.25, 0.3) is 5.69 Å². The van der Waals surface area contributed by atoms with E-state index in [1.54, 1.807) is 12.1 Å². The van der Waals surface area contributed by atoms with E-state index in [0.717, 1.165) is 57.7 Å². The number of piperidine rings is 1. The summed E-state index contributed by atoms with van der Waals surface area (Å²) in [6.07, 6.45) is 2.29. The maximum Gasteiger partial charge on any atom is 0.273 e. The van der Waals surface area contributed by atoms with Crippen LogP contribution in [-0.4, -0.2) is 60.0 Å². The van der Waals surface area contributed by atoms with E-state index >= 15 is 0 Å². The molecule has 2 saturated heterocycles. The summed E-state index contributed by atoms with van der Waals surface area (Å²) in [7, 11) is 0. The third-order valence-corrected chi connectivity index (χ3v) is 6.09. The smallest absolute Gasteiger partial charge is 0.273 e. The van der Waals surface area contributed by atoms with Gasteiger partial charge in [-0.3, -0.25) is 19.9 Å². The van der Waals surface area contributed by atoms with Gasteiger partial charge in [0, 0.05) is 56.1 Å². The molecule has 0 unspecified atom stereocenters. The molecule has 0 radical (unpaired) electrons. The number of para-hydroxylation sites is 2. The number of rotatable bonds is 5. The second kappa shape index (κ2) is 8.71. The zero-order valence-electron chi connectivity index (χ0n) is 16.2. The molecular formula is C22H28N4O2. The fourth-order valence-corrected chi connectivity index (χ4v) is 4.49. The molecule has 0 bridgehead atoms. The number of nitro benzene ring substituents is 1. The summed E-state index contributed by atoms with van der Waals surface area (Å²) < 4.78 is 0. The maximum absolute atomic E-state index is 11.2. The Morgan fingerprint density at radius 2 is 1.50 bits per heavy atom. The van der Waals surface area contributed by atoms with Crippen molar-refractivity contribution in [3.63, 3.8) is 0 Å². The van der Waals surface area contributed by atoms with Crippen molar-refractivity contribution in [2.75, 3.05) is 44.2 Å². The van der Waals surface area contributed by atoms with Crippen molar-refractivity contribution in [1.82, 2.24) is 9.80 Å². The summed E-state index contributed by atoms with van der Waals surface area (Å²) in [4.78, 5) is 18.4. The van der Waals surface area contributed by atoms with Crippen LogP contribution in [0.4, 0.5) is 11.4 Å². The number of likely N-dealkylation sites (tertiary alicyclic amines) is 1. The van der Waals surface area contributed by atoms with Crippen molar-refractivity contribution >= 4 is 11.4 Å². The molecule has 0 saturated carbocycles. The second-order valence-corrected chi connectivity index (χ2v) is 7.75. The lowest BCUT2D eigenvalue weighted by atomic mass is 10.0. The molecule has 0 amide bonds. The van der Waals surface area contributed by atoms with Crippen molar-refractivity contribution in [2.24, 2.45) is 0 Å². The number of nitrogens with zero attached hydrogens (tertiary/aromatic N) is 4. The third-order valence-electron chi connectivity index (χ3n) is 6.09. The molecular weight excluding hydrogens is 352 g/mol. The van der Waals surface area contributed by atoms with Gasteiger partial charge in [0.15, 0.2) is 0 Å². The molecule has 0 aliphatic carbocycles. The number of anilines is 1. The maximum atomic E-state index is 11.2. The number of nitro groups is 1. The highest BCUT2D eigenvalue weighted by Gasteiger charge is 2.28. The fraction of sp³-hybridized carbons (Fsp3) is 0.455. The predicted molar refractivity (Wildman–Crippen MR) is 112 cm³/mol. The molecule has 2 heterocycles. The lowest BCUT2D eigenvalue weighted by Gasteiger charge is -2.43.